The summed E-state index contributed by atoms with van der Waals surface area (Å²) < 4.78 is 18.2. The van der Waals surface area contributed by atoms with Crippen molar-refractivity contribution < 1.29 is 13.9 Å². The first-order valence-corrected chi connectivity index (χ1v) is 4.84. The monoisotopic (exact) mass is 226 g/mol. The normalized spacial score (nSPS) is 12.2. The minimum Gasteiger partial charge on any atom is -0.383 e. The highest BCUT2D eigenvalue weighted by molar-refractivity contribution is 5.96. The summed E-state index contributed by atoms with van der Waals surface area (Å²) in [7, 11) is 2.94. The molecule has 1 atom stereocenters. The average Bonchev–Trinajstić information content (AvgIpc) is 2.28. The molecule has 1 amide bonds. The molecule has 1 unspecified atom stereocenters. The lowest BCUT2D eigenvalue weighted by atomic mass is 10.2. The van der Waals surface area contributed by atoms with Crippen LogP contribution in [0.25, 0.3) is 0 Å². The minimum atomic E-state index is -0.783. The molecule has 1 aromatic rings. The van der Waals surface area contributed by atoms with Gasteiger partial charge < -0.3 is 15.4 Å². The Labute approximate surface area is 93.8 Å². The van der Waals surface area contributed by atoms with Crippen molar-refractivity contribution in [2.45, 2.75) is 6.04 Å². The zero-order valence-corrected chi connectivity index (χ0v) is 9.31. The number of rotatable bonds is 4. The van der Waals surface area contributed by atoms with Crippen LogP contribution >= 0.6 is 0 Å². The van der Waals surface area contributed by atoms with Crippen LogP contribution in [0.5, 0.6) is 0 Å². The molecular weight excluding hydrogens is 211 g/mol. The average molecular weight is 226 g/mol. The molecule has 0 aliphatic rings. The van der Waals surface area contributed by atoms with Crippen molar-refractivity contribution in [3.05, 3.63) is 30.1 Å². The molecule has 0 saturated heterocycles. The number of likely N-dealkylation sites (N-methyl/N-ethyl adjacent to an activating group) is 1. The topological polar surface area (TPSA) is 55.6 Å². The fourth-order valence-electron chi connectivity index (χ4n) is 1.34. The summed E-state index contributed by atoms with van der Waals surface area (Å²) >= 11 is 0. The van der Waals surface area contributed by atoms with Gasteiger partial charge in [0.25, 0.3) is 0 Å². The number of nitrogens with zero attached hydrogens (tertiary/aromatic N) is 1. The number of halogens is 1. The molecule has 0 aliphatic heterocycles. The lowest BCUT2D eigenvalue weighted by Gasteiger charge is -2.21. The maximum Gasteiger partial charge on any atom is 0.246 e. The van der Waals surface area contributed by atoms with Crippen molar-refractivity contribution in [3.8, 4) is 0 Å². The molecule has 5 heteroatoms. The van der Waals surface area contributed by atoms with Crippen molar-refractivity contribution in [1.82, 2.24) is 0 Å². The third-order valence-corrected chi connectivity index (χ3v) is 2.21. The Balaban J connectivity index is 2.82. The maximum absolute atomic E-state index is 13.4. The van der Waals surface area contributed by atoms with E-state index in [1.165, 1.54) is 31.2 Å². The molecule has 4 nitrogen and oxygen atoms in total. The number of methoxy groups -OCH3 is 1. The number of nitrogens with two attached hydrogens (primary N) is 1. The molecule has 16 heavy (non-hydrogen) atoms. The van der Waals surface area contributed by atoms with E-state index in [1.54, 1.807) is 12.1 Å². The molecule has 0 aliphatic carbocycles. The number of hydrogen-bond acceptors (Lipinski definition) is 3. The summed E-state index contributed by atoms with van der Waals surface area (Å²) in [5.74, 6) is -0.838. The SMILES string of the molecule is COCC(N)C(=O)N(C)c1ccccc1F. The highest BCUT2D eigenvalue weighted by Gasteiger charge is 2.20. The number of ether oxygens (including phenoxy) is 1. The van der Waals surface area contributed by atoms with Crippen LogP contribution in [0.4, 0.5) is 10.1 Å². The van der Waals surface area contributed by atoms with Gasteiger partial charge in [-0.1, -0.05) is 12.1 Å². The van der Waals surface area contributed by atoms with E-state index < -0.39 is 11.9 Å². The fraction of sp³-hybridized carbons (Fsp3) is 0.364. The molecule has 0 aromatic heterocycles. The van der Waals surface area contributed by atoms with Crippen molar-refractivity contribution in [2.24, 2.45) is 5.73 Å². The van der Waals surface area contributed by atoms with Crippen molar-refractivity contribution in [1.29, 1.82) is 0 Å². The van der Waals surface area contributed by atoms with Gasteiger partial charge in [-0.3, -0.25) is 4.79 Å². The Morgan fingerprint density at radius 3 is 2.75 bits per heavy atom. The molecule has 0 bridgehead atoms. The maximum atomic E-state index is 13.4. The summed E-state index contributed by atoms with van der Waals surface area (Å²) in [6.45, 7) is 0.109. The van der Waals surface area contributed by atoms with Crippen LogP contribution in [-0.2, 0) is 9.53 Å². The zero-order valence-electron chi connectivity index (χ0n) is 9.31. The number of benzene rings is 1. The summed E-state index contributed by atoms with van der Waals surface area (Å²) in [6.07, 6.45) is 0. The Morgan fingerprint density at radius 1 is 1.56 bits per heavy atom. The van der Waals surface area contributed by atoms with Gasteiger partial charge in [0.15, 0.2) is 0 Å². The number of hydrogen-bond donors (Lipinski definition) is 1. The molecule has 0 fully saturated rings. The Bertz CT molecular complexity index is 371. The second-order valence-electron chi connectivity index (χ2n) is 3.41. The van der Waals surface area contributed by atoms with Gasteiger partial charge in [-0.05, 0) is 12.1 Å². The lowest BCUT2D eigenvalue weighted by molar-refractivity contribution is -0.120. The molecule has 2 N–H and O–H groups in total. The highest BCUT2D eigenvalue weighted by Crippen LogP contribution is 2.17. The van der Waals surface area contributed by atoms with E-state index in [0.717, 1.165) is 0 Å². The fourth-order valence-corrected chi connectivity index (χ4v) is 1.34. The van der Waals surface area contributed by atoms with E-state index in [-0.39, 0.29) is 18.2 Å². The Kier molecular flexibility index (Phi) is 4.39. The molecule has 0 radical (unpaired) electrons. The predicted molar refractivity (Wildman–Crippen MR) is 59.7 cm³/mol. The molecule has 0 heterocycles. The Hall–Kier alpha value is -1.46. The van der Waals surface area contributed by atoms with E-state index >= 15 is 0 Å². The molecule has 1 aromatic carbocycles. The van der Waals surface area contributed by atoms with Gasteiger partial charge in [-0.2, -0.15) is 0 Å². The largest absolute Gasteiger partial charge is 0.383 e. The standard InChI is InChI=1S/C11H15FN2O2/c1-14(11(15)9(13)7-16-2)10-6-4-3-5-8(10)12/h3-6,9H,7,13H2,1-2H3. The zero-order chi connectivity index (χ0) is 12.1. The van der Waals surface area contributed by atoms with E-state index in [0.29, 0.717) is 0 Å². The quantitative estimate of drug-likeness (QED) is 0.824. The van der Waals surface area contributed by atoms with Crippen LogP contribution in [0.15, 0.2) is 24.3 Å². The first-order chi connectivity index (χ1) is 7.57. The van der Waals surface area contributed by atoms with Gasteiger partial charge >= 0.3 is 0 Å². The van der Waals surface area contributed by atoms with Gasteiger partial charge in [0, 0.05) is 14.2 Å². The first kappa shape index (κ1) is 12.6. The van der Waals surface area contributed by atoms with Crippen molar-refractivity contribution in [3.63, 3.8) is 0 Å². The summed E-state index contributed by atoms with van der Waals surface area (Å²) in [6, 6.07) is 5.25. The molecule has 0 saturated carbocycles. The third kappa shape index (κ3) is 2.77. The third-order valence-electron chi connectivity index (χ3n) is 2.21. The number of para-hydroxylation sites is 1. The van der Waals surface area contributed by atoms with E-state index in [1.807, 2.05) is 0 Å². The minimum absolute atomic E-state index is 0.109. The van der Waals surface area contributed by atoms with Crippen LogP contribution in [-0.4, -0.2) is 32.7 Å². The number of carbonyl (C=O) groups is 1. The van der Waals surface area contributed by atoms with Gasteiger partial charge in [0.1, 0.15) is 11.9 Å². The van der Waals surface area contributed by atoms with Gasteiger partial charge in [-0.15, -0.1) is 0 Å². The molecule has 0 spiro atoms. The van der Waals surface area contributed by atoms with Crippen LogP contribution in [0.1, 0.15) is 0 Å². The summed E-state index contributed by atoms with van der Waals surface area (Å²) in [5.41, 5.74) is 5.78. The number of amides is 1. The van der Waals surface area contributed by atoms with Crippen LogP contribution in [0.2, 0.25) is 0 Å². The number of anilines is 1. The van der Waals surface area contributed by atoms with Crippen LogP contribution < -0.4 is 10.6 Å². The first-order valence-electron chi connectivity index (χ1n) is 4.84. The van der Waals surface area contributed by atoms with E-state index in [2.05, 4.69) is 0 Å². The van der Waals surface area contributed by atoms with Gasteiger partial charge in [-0.25, -0.2) is 4.39 Å². The molecule has 88 valence electrons. The number of carbonyl (C=O) groups excluding carboxylic acids is 1. The van der Waals surface area contributed by atoms with Gasteiger partial charge in [0.05, 0.1) is 12.3 Å². The summed E-state index contributed by atoms with van der Waals surface area (Å²) in [4.78, 5) is 12.9. The Morgan fingerprint density at radius 2 is 2.19 bits per heavy atom. The smallest absolute Gasteiger partial charge is 0.246 e. The van der Waals surface area contributed by atoms with Gasteiger partial charge in [0.2, 0.25) is 5.91 Å². The van der Waals surface area contributed by atoms with Crippen molar-refractivity contribution in [2.75, 3.05) is 25.7 Å². The van der Waals surface area contributed by atoms with Crippen LogP contribution in [0, 0.1) is 5.82 Å². The molecular formula is C11H15FN2O2. The van der Waals surface area contributed by atoms with E-state index in [9.17, 15) is 9.18 Å². The van der Waals surface area contributed by atoms with Crippen molar-refractivity contribution >= 4 is 11.6 Å². The van der Waals surface area contributed by atoms with Crippen LogP contribution in [0.3, 0.4) is 0 Å². The second kappa shape index (κ2) is 5.58. The predicted octanol–water partition coefficient (Wildman–Crippen LogP) is 0.762. The second-order valence-corrected chi connectivity index (χ2v) is 3.41. The molecule has 1 rings (SSSR count). The highest BCUT2D eigenvalue weighted by atomic mass is 19.1. The lowest BCUT2D eigenvalue weighted by Crippen LogP contribution is -2.44. The van der Waals surface area contributed by atoms with E-state index in [4.69, 9.17) is 10.5 Å². The summed E-state index contributed by atoms with van der Waals surface area (Å²) in [5, 5.41) is 0.